The average molecular weight is 277 g/mol. The van der Waals surface area contributed by atoms with Crippen molar-refractivity contribution in [3.63, 3.8) is 0 Å². The Hall–Kier alpha value is -1.56. The lowest BCUT2D eigenvalue weighted by atomic mass is 9.90. The van der Waals surface area contributed by atoms with E-state index in [1.165, 1.54) is 12.8 Å². The highest BCUT2D eigenvalue weighted by molar-refractivity contribution is 6.01. The number of fused-ring (bicyclic) bond motifs is 1. The van der Waals surface area contributed by atoms with Gasteiger partial charge in [0.05, 0.1) is 30.0 Å². The topological polar surface area (TPSA) is 80.2 Å². The quantitative estimate of drug-likeness (QED) is 0.628. The monoisotopic (exact) mass is 277 g/mol. The summed E-state index contributed by atoms with van der Waals surface area (Å²) in [6.07, 6.45) is 5.08. The summed E-state index contributed by atoms with van der Waals surface area (Å²) in [7, 11) is 1.93. The van der Waals surface area contributed by atoms with Crippen molar-refractivity contribution in [2.45, 2.75) is 44.8 Å². The second-order valence-electron chi connectivity index (χ2n) is 5.78. The lowest BCUT2D eigenvalue weighted by Gasteiger charge is -2.45. The summed E-state index contributed by atoms with van der Waals surface area (Å²) < 4.78 is 7.79. The van der Waals surface area contributed by atoms with Crippen molar-refractivity contribution in [2.75, 3.05) is 18.1 Å². The first-order chi connectivity index (χ1) is 9.59. The van der Waals surface area contributed by atoms with E-state index in [0.29, 0.717) is 12.1 Å². The Kier molecular flexibility index (Phi) is 3.41. The van der Waals surface area contributed by atoms with Crippen LogP contribution in [-0.2, 0) is 11.8 Å². The van der Waals surface area contributed by atoms with E-state index in [1.807, 2.05) is 18.7 Å². The van der Waals surface area contributed by atoms with Gasteiger partial charge in [-0.1, -0.05) is 12.8 Å². The van der Waals surface area contributed by atoms with Gasteiger partial charge in [0.25, 0.3) is 0 Å². The smallest absolute Gasteiger partial charge is 0.138 e. The Bertz CT molecular complexity index is 522. The van der Waals surface area contributed by atoms with Gasteiger partial charge in [-0.25, -0.2) is 0 Å². The van der Waals surface area contributed by atoms with Crippen LogP contribution in [0.3, 0.4) is 0 Å². The van der Waals surface area contributed by atoms with Crippen LogP contribution >= 0.6 is 0 Å². The van der Waals surface area contributed by atoms with Gasteiger partial charge in [0.1, 0.15) is 11.7 Å². The third-order valence-electron chi connectivity index (χ3n) is 4.47. The van der Waals surface area contributed by atoms with Crippen LogP contribution in [0.25, 0.3) is 0 Å². The molecule has 1 aliphatic carbocycles. The van der Waals surface area contributed by atoms with Crippen LogP contribution in [-0.4, -0.2) is 40.9 Å². The van der Waals surface area contributed by atoms with E-state index in [2.05, 4.69) is 10.00 Å². The minimum absolute atomic E-state index is 0.101. The van der Waals surface area contributed by atoms with Gasteiger partial charge in [0.15, 0.2) is 0 Å². The van der Waals surface area contributed by atoms with Crippen molar-refractivity contribution in [1.82, 2.24) is 9.78 Å². The zero-order valence-electron chi connectivity index (χ0n) is 12.2. The second-order valence-corrected chi connectivity index (χ2v) is 5.78. The fraction of sp³-hybridized carbons (Fsp3) is 0.714. The molecule has 6 nitrogen and oxygen atoms in total. The zero-order valence-corrected chi connectivity index (χ0v) is 12.2. The van der Waals surface area contributed by atoms with Crippen molar-refractivity contribution < 1.29 is 4.74 Å². The number of morpholine rings is 1. The molecule has 0 amide bonds. The highest BCUT2D eigenvalue weighted by Gasteiger charge is 2.37. The molecular formula is C14H23N5O. The molecule has 2 unspecified atom stereocenters. The Morgan fingerprint density at radius 2 is 2.15 bits per heavy atom. The van der Waals surface area contributed by atoms with Crippen LogP contribution in [0.15, 0.2) is 0 Å². The molecule has 1 aliphatic heterocycles. The van der Waals surface area contributed by atoms with E-state index in [4.69, 9.17) is 15.9 Å². The molecule has 2 aliphatic rings. The average Bonchev–Trinajstić information content (AvgIpc) is 2.73. The molecule has 1 saturated heterocycles. The molecule has 1 saturated carbocycles. The second kappa shape index (κ2) is 5.09. The van der Waals surface area contributed by atoms with Crippen molar-refractivity contribution in [3.05, 3.63) is 11.3 Å². The Morgan fingerprint density at radius 1 is 1.40 bits per heavy atom. The molecule has 1 aromatic rings. The van der Waals surface area contributed by atoms with Crippen LogP contribution in [0.2, 0.25) is 0 Å². The highest BCUT2D eigenvalue weighted by Crippen LogP contribution is 2.34. The zero-order chi connectivity index (χ0) is 14.3. The predicted molar refractivity (Wildman–Crippen MR) is 78.3 cm³/mol. The minimum Gasteiger partial charge on any atom is -0.384 e. The number of aryl methyl sites for hydroxylation is 2. The number of nitrogens with zero attached hydrogens (tertiary/aromatic N) is 3. The molecule has 0 spiro atoms. The summed E-state index contributed by atoms with van der Waals surface area (Å²) in [6.45, 7) is 3.50. The maximum atomic E-state index is 7.85. The van der Waals surface area contributed by atoms with Crippen LogP contribution < -0.4 is 10.6 Å². The maximum Gasteiger partial charge on any atom is 0.138 e. The van der Waals surface area contributed by atoms with Gasteiger partial charge in [-0.05, 0) is 19.8 Å². The van der Waals surface area contributed by atoms with Gasteiger partial charge < -0.3 is 15.4 Å². The molecule has 2 heterocycles. The molecule has 1 aromatic heterocycles. The number of anilines is 1. The standard InChI is InChI=1S/C14H23N5O/c1-9-12(13(15)16)14(18(2)17-9)19-7-8-20-11-6-4-3-5-10(11)19/h10-11H,3-8H2,1-2H3,(H3,15,16). The van der Waals surface area contributed by atoms with Gasteiger partial charge in [0, 0.05) is 13.6 Å². The number of aromatic nitrogens is 2. The number of amidine groups is 1. The van der Waals surface area contributed by atoms with Gasteiger partial charge in [-0.3, -0.25) is 10.1 Å². The highest BCUT2D eigenvalue weighted by atomic mass is 16.5. The molecule has 20 heavy (non-hydrogen) atoms. The Labute approximate surface area is 119 Å². The summed E-state index contributed by atoms with van der Waals surface area (Å²) in [5, 5.41) is 12.3. The Balaban J connectivity index is 2.01. The van der Waals surface area contributed by atoms with Gasteiger partial charge in [-0.2, -0.15) is 5.10 Å². The normalized spacial score (nSPS) is 26.4. The van der Waals surface area contributed by atoms with Gasteiger partial charge >= 0.3 is 0 Å². The molecule has 110 valence electrons. The van der Waals surface area contributed by atoms with Gasteiger partial charge in [-0.15, -0.1) is 0 Å². The number of nitrogens with one attached hydrogen (secondary N) is 1. The lowest BCUT2D eigenvalue weighted by Crippen LogP contribution is -2.53. The molecule has 3 N–H and O–H groups in total. The predicted octanol–water partition coefficient (Wildman–Crippen LogP) is 1.16. The van der Waals surface area contributed by atoms with Crippen molar-refractivity contribution in [1.29, 1.82) is 5.41 Å². The molecule has 3 rings (SSSR count). The first-order valence-corrected chi connectivity index (χ1v) is 7.36. The third-order valence-corrected chi connectivity index (χ3v) is 4.47. The number of hydrogen-bond donors (Lipinski definition) is 2. The summed E-state index contributed by atoms with van der Waals surface area (Å²) >= 11 is 0. The summed E-state index contributed by atoms with van der Waals surface area (Å²) in [5.41, 5.74) is 7.38. The fourth-order valence-electron chi connectivity index (χ4n) is 3.65. The summed E-state index contributed by atoms with van der Waals surface area (Å²) in [5.74, 6) is 1.08. The van der Waals surface area contributed by atoms with Crippen molar-refractivity contribution in [3.8, 4) is 0 Å². The maximum absolute atomic E-state index is 7.85. The molecule has 2 atom stereocenters. The summed E-state index contributed by atoms with van der Waals surface area (Å²) in [4.78, 5) is 2.37. The molecular weight excluding hydrogens is 254 g/mol. The van der Waals surface area contributed by atoms with E-state index in [9.17, 15) is 0 Å². The summed E-state index contributed by atoms with van der Waals surface area (Å²) in [6, 6.07) is 0.394. The van der Waals surface area contributed by atoms with E-state index in [1.54, 1.807) is 0 Å². The van der Waals surface area contributed by atoms with E-state index in [0.717, 1.165) is 43.1 Å². The van der Waals surface area contributed by atoms with Crippen LogP contribution in [0.1, 0.15) is 36.9 Å². The van der Waals surface area contributed by atoms with Gasteiger partial charge in [0.2, 0.25) is 0 Å². The van der Waals surface area contributed by atoms with Crippen LogP contribution in [0.4, 0.5) is 5.82 Å². The molecule has 0 aromatic carbocycles. The van der Waals surface area contributed by atoms with E-state index < -0.39 is 0 Å². The third kappa shape index (κ3) is 2.08. The molecule has 0 bridgehead atoms. The van der Waals surface area contributed by atoms with Crippen LogP contribution in [0.5, 0.6) is 0 Å². The molecule has 2 fully saturated rings. The molecule has 6 heteroatoms. The van der Waals surface area contributed by atoms with E-state index in [-0.39, 0.29) is 5.84 Å². The first kappa shape index (κ1) is 13.4. The first-order valence-electron chi connectivity index (χ1n) is 7.36. The number of nitrogens with two attached hydrogens (primary N) is 1. The Morgan fingerprint density at radius 3 is 2.90 bits per heavy atom. The minimum atomic E-state index is 0.101. The van der Waals surface area contributed by atoms with Crippen molar-refractivity contribution in [2.24, 2.45) is 12.8 Å². The largest absolute Gasteiger partial charge is 0.384 e. The SMILES string of the molecule is Cc1nn(C)c(N2CCOC3CCCCC32)c1C(=N)N. The number of hydrogen-bond acceptors (Lipinski definition) is 4. The number of nitrogen functional groups attached to an aromatic ring is 1. The number of ether oxygens (including phenoxy) is 1. The van der Waals surface area contributed by atoms with Crippen molar-refractivity contribution >= 4 is 11.7 Å². The van der Waals surface area contributed by atoms with Crippen LogP contribution in [0, 0.1) is 12.3 Å². The molecule has 0 radical (unpaired) electrons. The lowest BCUT2D eigenvalue weighted by molar-refractivity contribution is -0.00925. The fourth-order valence-corrected chi connectivity index (χ4v) is 3.65. The van der Waals surface area contributed by atoms with E-state index >= 15 is 0 Å². The number of rotatable bonds is 2.